The molecule has 7 heteroatoms. The number of aliphatic imine (C=N–C) groups is 1. The second-order valence-corrected chi connectivity index (χ2v) is 6.00. The van der Waals surface area contributed by atoms with Gasteiger partial charge in [-0.1, -0.05) is 18.2 Å². The minimum Gasteiger partial charge on any atom is -0.491 e. The van der Waals surface area contributed by atoms with Crippen LogP contribution in [0.3, 0.4) is 0 Å². The predicted octanol–water partition coefficient (Wildman–Crippen LogP) is 2.73. The number of guanidine groups is 1. The van der Waals surface area contributed by atoms with E-state index in [0.29, 0.717) is 32.3 Å². The number of para-hydroxylation sites is 2. The maximum Gasteiger partial charge on any atom is 0.191 e. The predicted molar refractivity (Wildman–Crippen MR) is 102 cm³/mol. The lowest BCUT2D eigenvalue weighted by molar-refractivity contribution is 0.0936. The highest BCUT2D eigenvalue weighted by Gasteiger charge is 2.20. The number of halogens is 1. The maximum atomic E-state index is 13.9. The van der Waals surface area contributed by atoms with Crippen molar-refractivity contribution in [2.45, 2.75) is 19.6 Å². The SMILES string of the molecule is CCOc1ccc(CNC(=NC)NCC2COc3ccccc3O2)cc1F. The number of benzene rings is 2. The summed E-state index contributed by atoms with van der Waals surface area (Å²) in [5.74, 6) is 1.99. The van der Waals surface area contributed by atoms with Crippen LogP contribution in [0.4, 0.5) is 4.39 Å². The third-order valence-corrected chi connectivity index (χ3v) is 4.04. The topological polar surface area (TPSA) is 64.1 Å². The Kier molecular flexibility index (Phi) is 6.35. The number of rotatable bonds is 6. The fraction of sp³-hybridized carbons (Fsp3) is 0.350. The summed E-state index contributed by atoms with van der Waals surface area (Å²) in [7, 11) is 1.68. The zero-order chi connectivity index (χ0) is 19.1. The third-order valence-electron chi connectivity index (χ3n) is 4.04. The van der Waals surface area contributed by atoms with Gasteiger partial charge in [0, 0.05) is 13.6 Å². The summed E-state index contributed by atoms with van der Waals surface area (Å²) in [5, 5.41) is 6.36. The van der Waals surface area contributed by atoms with E-state index in [9.17, 15) is 4.39 Å². The Morgan fingerprint density at radius 2 is 2.04 bits per heavy atom. The van der Waals surface area contributed by atoms with Gasteiger partial charge >= 0.3 is 0 Å². The Hall–Kier alpha value is -2.96. The maximum absolute atomic E-state index is 13.9. The molecule has 0 radical (unpaired) electrons. The van der Waals surface area contributed by atoms with E-state index < -0.39 is 0 Å². The van der Waals surface area contributed by atoms with Gasteiger partial charge in [-0.3, -0.25) is 4.99 Å². The van der Waals surface area contributed by atoms with E-state index in [0.717, 1.165) is 17.1 Å². The van der Waals surface area contributed by atoms with Crippen LogP contribution in [0, 0.1) is 5.82 Å². The van der Waals surface area contributed by atoms with Crippen molar-refractivity contribution < 1.29 is 18.6 Å². The molecule has 1 heterocycles. The molecule has 2 aromatic carbocycles. The first-order valence-corrected chi connectivity index (χ1v) is 8.93. The van der Waals surface area contributed by atoms with Gasteiger partial charge in [-0.2, -0.15) is 0 Å². The molecule has 1 atom stereocenters. The molecule has 3 rings (SSSR count). The average molecular weight is 373 g/mol. The van der Waals surface area contributed by atoms with Crippen LogP contribution in [-0.4, -0.2) is 38.9 Å². The molecule has 0 aliphatic carbocycles. The highest BCUT2D eigenvalue weighted by molar-refractivity contribution is 5.79. The second-order valence-electron chi connectivity index (χ2n) is 6.00. The Balaban J connectivity index is 1.48. The summed E-state index contributed by atoms with van der Waals surface area (Å²) in [4.78, 5) is 4.18. The van der Waals surface area contributed by atoms with Gasteiger partial charge in [-0.05, 0) is 36.8 Å². The number of hydrogen-bond donors (Lipinski definition) is 2. The van der Waals surface area contributed by atoms with E-state index in [1.54, 1.807) is 13.1 Å². The first-order valence-electron chi connectivity index (χ1n) is 8.93. The lowest BCUT2D eigenvalue weighted by Crippen LogP contribution is -2.45. The van der Waals surface area contributed by atoms with Crippen LogP contribution in [0.5, 0.6) is 17.2 Å². The summed E-state index contributed by atoms with van der Waals surface area (Å²) in [5.41, 5.74) is 0.796. The summed E-state index contributed by atoms with van der Waals surface area (Å²) >= 11 is 0. The zero-order valence-electron chi connectivity index (χ0n) is 15.5. The Morgan fingerprint density at radius 3 is 2.78 bits per heavy atom. The van der Waals surface area contributed by atoms with Crippen molar-refractivity contribution in [3.8, 4) is 17.2 Å². The van der Waals surface area contributed by atoms with Crippen molar-refractivity contribution in [1.29, 1.82) is 0 Å². The number of nitrogens with one attached hydrogen (secondary N) is 2. The molecule has 6 nitrogen and oxygen atoms in total. The van der Waals surface area contributed by atoms with Crippen LogP contribution in [0.1, 0.15) is 12.5 Å². The molecule has 0 spiro atoms. The van der Waals surface area contributed by atoms with Gasteiger partial charge in [-0.15, -0.1) is 0 Å². The van der Waals surface area contributed by atoms with Gasteiger partial charge in [0.05, 0.1) is 13.2 Å². The molecule has 0 aromatic heterocycles. The molecule has 0 saturated carbocycles. The van der Waals surface area contributed by atoms with Crippen molar-refractivity contribution in [2.24, 2.45) is 4.99 Å². The fourth-order valence-electron chi connectivity index (χ4n) is 2.71. The molecule has 0 fully saturated rings. The fourth-order valence-corrected chi connectivity index (χ4v) is 2.71. The van der Waals surface area contributed by atoms with Crippen molar-refractivity contribution in [3.63, 3.8) is 0 Å². The van der Waals surface area contributed by atoms with Crippen LogP contribution >= 0.6 is 0 Å². The van der Waals surface area contributed by atoms with Crippen molar-refractivity contribution >= 4 is 5.96 Å². The third kappa shape index (κ3) is 5.03. The smallest absolute Gasteiger partial charge is 0.191 e. The van der Waals surface area contributed by atoms with Crippen LogP contribution in [0.2, 0.25) is 0 Å². The number of hydrogen-bond acceptors (Lipinski definition) is 4. The van der Waals surface area contributed by atoms with Crippen LogP contribution in [0.15, 0.2) is 47.5 Å². The van der Waals surface area contributed by atoms with E-state index in [1.165, 1.54) is 6.07 Å². The molecule has 1 aliphatic heterocycles. The first kappa shape index (κ1) is 18.8. The van der Waals surface area contributed by atoms with Crippen LogP contribution in [0.25, 0.3) is 0 Å². The highest BCUT2D eigenvalue weighted by Crippen LogP contribution is 2.30. The van der Waals surface area contributed by atoms with Gasteiger partial charge in [0.2, 0.25) is 0 Å². The molecule has 0 saturated heterocycles. The second kappa shape index (κ2) is 9.12. The van der Waals surface area contributed by atoms with E-state index in [2.05, 4.69) is 15.6 Å². The minimum atomic E-state index is -0.370. The quantitative estimate of drug-likeness (QED) is 0.602. The van der Waals surface area contributed by atoms with Gasteiger partial charge in [0.25, 0.3) is 0 Å². The Bertz CT molecular complexity index is 798. The largest absolute Gasteiger partial charge is 0.491 e. The standard InChI is InChI=1S/C20H24FN3O3/c1-3-25-17-9-8-14(10-16(17)21)11-23-20(22-2)24-12-15-13-26-18-6-4-5-7-19(18)27-15/h4-10,15H,3,11-13H2,1-2H3,(H2,22,23,24). The van der Waals surface area contributed by atoms with E-state index in [1.807, 2.05) is 37.3 Å². The monoisotopic (exact) mass is 373 g/mol. The average Bonchev–Trinajstić information content (AvgIpc) is 2.70. The van der Waals surface area contributed by atoms with Crippen LogP contribution < -0.4 is 24.8 Å². The number of fused-ring (bicyclic) bond motifs is 1. The van der Waals surface area contributed by atoms with Crippen LogP contribution in [-0.2, 0) is 6.54 Å². The Morgan fingerprint density at radius 1 is 1.22 bits per heavy atom. The summed E-state index contributed by atoms with van der Waals surface area (Å²) in [6.45, 7) is 3.69. The number of nitrogens with zero attached hydrogens (tertiary/aromatic N) is 1. The normalized spacial score (nSPS) is 16.0. The minimum absolute atomic E-state index is 0.124. The van der Waals surface area contributed by atoms with E-state index in [-0.39, 0.29) is 17.7 Å². The van der Waals surface area contributed by atoms with Gasteiger partial charge < -0.3 is 24.8 Å². The Labute approximate surface area is 158 Å². The molecular formula is C20H24FN3O3. The van der Waals surface area contributed by atoms with Gasteiger partial charge in [-0.25, -0.2) is 4.39 Å². The molecule has 2 aromatic rings. The molecule has 27 heavy (non-hydrogen) atoms. The first-order chi connectivity index (χ1) is 13.2. The molecule has 0 bridgehead atoms. The van der Waals surface area contributed by atoms with Gasteiger partial charge in [0.1, 0.15) is 12.7 Å². The molecular weight excluding hydrogens is 349 g/mol. The van der Waals surface area contributed by atoms with E-state index >= 15 is 0 Å². The van der Waals surface area contributed by atoms with Gasteiger partial charge in [0.15, 0.2) is 29.0 Å². The molecule has 0 amide bonds. The summed E-state index contributed by atoms with van der Waals surface area (Å²) in [6.07, 6.45) is -0.124. The lowest BCUT2D eigenvalue weighted by Gasteiger charge is -2.27. The molecule has 1 aliphatic rings. The molecule has 144 valence electrons. The molecule has 1 unspecified atom stereocenters. The van der Waals surface area contributed by atoms with E-state index in [4.69, 9.17) is 14.2 Å². The summed E-state index contributed by atoms with van der Waals surface area (Å²) in [6, 6.07) is 12.5. The highest BCUT2D eigenvalue weighted by atomic mass is 19.1. The lowest BCUT2D eigenvalue weighted by atomic mass is 10.2. The van der Waals surface area contributed by atoms with Crippen molar-refractivity contribution in [3.05, 3.63) is 53.8 Å². The zero-order valence-corrected chi connectivity index (χ0v) is 15.5. The molecule has 2 N–H and O–H groups in total. The van der Waals surface area contributed by atoms with Crippen molar-refractivity contribution in [2.75, 3.05) is 26.8 Å². The summed E-state index contributed by atoms with van der Waals surface area (Å²) < 4.78 is 30.7. The van der Waals surface area contributed by atoms with Crippen molar-refractivity contribution in [1.82, 2.24) is 10.6 Å². The number of ether oxygens (including phenoxy) is 3.